The van der Waals surface area contributed by atoms with Gasteiger partial charge in [0.25, 0.3) is 0 Å². The van der Waals surface area contributed by atoms with Gasteiger partial charge in [0.2, 0.25) is 0 Å². The minimum Gasteiger partial charge on any atom is -0.496 e. The van der Waals surface area contributed by atoms with Gasteiger partial charge in [0.05, 0.1) is 13.2 Å². The van der Waals surface area contributed by atoms with Crippen LogP contribution in [0.2, 0.25) is 0 Å². The Labute approximate surface area is 122 Å². The van der Waals surface area contributed by atoms with Gasteiger partial charge in [-0.1, -0.05) is 0 Å². The smallest absolute Gasteiger partial charge is 0.122 e. The Morgan fingerprint density at radius 1 is 1.25 bits per heavy atom. The fraction of sp³-hybridized carbons (Fsp3) is 0.625. The summed E-state index contributed by atoms with van der Waals surface area (Å²) in [5, 5.41) is 3.38. The molecule has 20 heavy (non-hydrogen) atoms. The van der Waals surface area contributed by atoms with E-state index in [1.165, 1.54) is 5.56 Å². The molecule has 1 N–H and O–H groups in total. The number of methoxy groups -OCH3 is 1. The average molecular weight is 278 g/mol. The van der Waals surface area contributed by atoms with Crippen molar-refractivity contribution in [3.63, 3.8) is 0 Å². The number of hydrogen-bond donors (Lipinski definition) is 1. The zero-order valence-electron chi connectivity index (χ0n) is 12.8. The molecule has 112 valence electrons. The van der Waals surface area contributed by atoms with E-state index in [-0.39, 0.29) is 6.10 Å². The molecule has 0 amide bonds. The molecule has 1 aromatic carbocycles. The van der Waals surface area contributed by atoms with E-state index in [0.717, 1.165) is 50.6 Å². The van der Waals surface area contributed by atoms with Gasteiger partial charge in [0, 0.05) is 32.7 Å². The Balaban J connectivity index is 1.99. The van der Waals surface area contributed by atoms with Crippen LogP contribution < -0.4 is 14.8 Å². The molecule has 1 heterocycles. The molecule has 1 fully saturated rings. The summed E-state index contributed by atoms with van der Waals surface area (Å²) >= 11 is 0. The number of piperazine rings is 1. The summed E-state index contributed by atoms with van der Waals surface area (Å²) in [6.45, 7) is 9.61. The lowest BCUT2D eigenvalue weighted by molar-refractivity contribution is 0.238. The number of hydrogen-bond acceptors (Lipinski definition) is 4. The molecule has 1 aliphatic rings. The van der Waals surface area contributed by atoms with Gasteiger partial charge in [-0.05, 0) is 44.0 Å². The molecule has 1 aliphatic heterocycles. The highest BCUT2D eigenvalue weighted by molar-refractivity contribution is 5.40. The molecule has 0 aliphatic carbocycles. The Bertz CT molecular complexity index is 415. The van der Waals surface area contributed by atoms with Crippen LogP contribution in [0.1, 0.15) is 19.4 Å². The van der Waals surface area contributed by atoms with Crippen molar-refractivity contribution >= 4 is 0 Å². The first kappa shape index (κ1) is 15.1. The van der Waals surface area contributed by atoms with Crippen molar-refractivity contribution in [1.82, 2.24) is 10.2 Å². The molecule has 0 atom stereocenters. The Kier molecular flexibility index (Phi) is 5.68. The predicted octanol–water partition coefficient (Wildman–Crippen LogP) is 1.93. The van der Waals surface area contributed by atoms with E-state index in [1.807, 2.05) is 26.0 Å². The van der Waals surface area contributed by atoms with Crippen molar-refractivity contribution in [2.24, 2.45) is 0 Å². The second-order valence-corrected chi connectivity index (χ2v) is 5.48. The first-order chi connectivity index (χ1) is 9.69. The van der Waals surface area contributed by atoms with Gasteiger partial charge in [0.15, 0.2) is 0 Å². The molecule has 4 nitrogen and oxygen atoms in total. The van der Waals surface area contributed by atoms with Crippen LogP contribution in [0.25, 0.3) is 0 Å². The number of nitrogens with one attached hydrogen (secondary N) is 1. The molecule has 2 rings (SSSR count). The average Bonchev–Trinajstić information content (AvgIpc) is 2.46. The maximum Gasteiger partial charge on any atom is 0.122 e. The van der Waals surface area contributed by atoms with Crippen LogP contribution in [0, 0.1) is 0 Å². The molecule has 0 saturated carbocycles. The van der Waals surface area contributed by atoms with Gasteiger partial charge in [-0.15, -0.1) is 0 Å². The lowest BCUT2D eigenvalue weighted by Crippen LogP contribution is -2.44. The largest absolute Gasteiger partial charge is 0.496 e. The van der Waals surface area contributed by atoms with Crippen molar-refractivity contribution in [3.8, 4) is 11.5 Å². The second-order valence-electron chi connectivity index (χ2n) is 5.48. The standard InChI is InChI=1S/C16H26N2O2/c1-13(2)20-15-4-5-16(19-3)14(12-15)6-9-18-10-7-17-8-11-18/h4-5,12-13,17H,6-11H2,1-3H3. The molecule has 0 radical (unpaired) electrons. The molecule has 0 bridgehead atoms. The summed E-state index contributed by atoms with van der Waals surface area (Å²) in [5.41, 5.74) is 1.23. The zero-order valence-corrected chi connectivity index (χ0v) is 12.8. The van der Waals surface area contributed by atoms with Crippen LogP contribution in [-0.4, -0.2) is 50.8 Å². The maximum absolute atomic E-state index is 5.77. The van der Waals surface area contributed by atoms with Crippen molar-refractivity contribution in [2.45, 2.75) is 26.4 Å². The van der Waals surface area contributed by atoms with Gasteiger partial charge in [0.1, 0.15) is 11.5 Å². The molecule has 4 heteroatoms. The molecular formula is C16H26N2O2. The molecule has 1 saturated heterocycles. The van der Waals surface area contributed by atoms with E-state index in [9.17, 15) is 0 Å². The summed E-state index contributed by atoms with van der Waals surface area (Å²) in [6.07, 6.45) is 1.20. The number of benzene rings is 1. The van der Waals surface area contributed by atoms with E-state index in [2.05, 4.69) is 16.3 Å². The summed E-state index contributed by atoms with van der Waals surface area (Å²) in [6, 6.07) is 6.10. The van der Waals surface area contributed by atoms with E-state index < -0.39 is 0 Å². The van der Waals surface area contributed by atoms with Crippen LogP contribution in [-0.2, 0) is 6.42 Å². The van der Waals surface area contributed by atoms with Crippen molar-refractivity contribution in [2.75, 3.05) is 39.8 Å². The summed E-state index contributed by atoms with van der Waals surface area (Å²) in [7, 11) is 1.73. The Hall–Kier alpha value is -1.26. The summed E-state index contributed by atoms with van der Waals surface area (Å²) in [4.78, 5) is 2.49. The minimum atomic E-state index is 0.199. The monoisotopic (exact) mass is 278 g/mol. The van der Waals surface area contributed by atoms with Crippen molar-refractivity contribution in [3.05, 3.63) is 23.8 Å². The Morgan fingerprint density at radius 3 is 2.65 bits per heavy atom. The van der Waals surface area contributed by atoms with E-state index >= 15 is 0 Å². The van der Waals surface area contributed by atoms with Gasteiger partial charge < -0.3 is 19.7 Å². The van der Waals surface area contributed by atoms with Crippen LogP contribution in [0.5, 0.6) is 11.5 Å². The predicted molar refractivity (Wildman–Crippen MR) is 81.8 cm³/mol. The molecule has 1 aromatic rings. The first-order valence-electron chi connectivity index (χ1n) is 7.45. The summed E-state index contributed by atoms with van der Waals surface area (Å²) in [5.74, 6) is 1.88. The third-order valence-electron chi connectivity index (χ3n) is 3.53. The lowest BCUT2D eigenvalue weighted by Gasteiger charge is -2.27. The van der Waals surface area contributed by atoms with Crippen LogP contribution in [0.15, 0.2) is 18.2 Å². The van der Waals surface area contributed by atoms with Crippen LogP contribution >= 0.6 is 0 Å². The quantitative estimate of drug-likeness (QED) is 0.862. The normalized spacial score (nSPS) is 16.4. The van der Waals surface area contributed by atoms with Gasteiger partial charge in [-0.2, -0.15) is 0 Å². The second kappa shape index (κ2) is 7.50. The SMILES string of the molecule is COc1ccc(OC(C)C)cc1CCN1CCNCC1. The molecule has 0 unspecified atom stereocenters. The number of nitrogens with zero attached hydrogens (tertiary/aromatic N) is 1. The van der Waals surface area contributed by atoms with Gasteiger partial charge in [-0.3, -0.25) is 0 Å². The first-order valence-corrected chi connectivity index (χ1v) is 7.45. The Morgan fingerprint density at radius 2 is 2.00 bits per heavy atom. The van der Waals surface area contributed by atoms with E-state index in [0.29, 0.717) is 0 Å². The third kappa shape index (κ3) is 4.39. The lowest BCUT2D eigenvalue weighted by atomic mass is 10.1. The fourth-order valence-corrected chi connectivity index (χ4v) is 2.51. The zero-order chi connectivity index (χ0) is 14.4. The molecule has 0 spiro atoms. The number of rotatable bonds is 6. The van der Waals surface area contributed by atoms with Gasteiger partial charge in [-0.25, -0.2) is 0 Å². The van der Waals surface area contributed by atoms with Crippen molar-refractivity contribution < 1.29 is 9.47 Å². The van der Waals surface area contributed by atoms with Crippen LogP contribution in [0.4, 0.5) is 0 Å². The number of ether oxygens (including phenoxy) is 2. The van der Waals surface area contributed by atoms with Crippen molar-refractivity contribution in [1.29, 1.82) is 0 Å². The van der Waals surface area contributed by atoms with Crippen LogP contribution in [0.3, 0.4) is 0 Å². The molecular weight excluding hydrogens is 252 g/mol. The van der Waals surface area contributed by atoms with E-state index in [4.69, 9.17) is 9.47 Å². The maximum atomic E-state index is 5.77. The highest BCUT2D eigenvalue weighted by Crippen LogP contribution is 2.25. The molecule has 0 aromatic heterocycles. The third-order valence-corrected chi connectivity index (χ3v) is 3.53. The fourth-order valence-electron chi connectivity index (χ4n) is 2.51. The summed E-state index contributed by atoms with van der Waals surface area (Å²) < 4.78 is 11.2. The minimum absolute atomic E-state index is 0.199. The van der Waals surface area contributed by atoms with Gasteiger partial charge >= 0.3 is 0 Å². The highest BCUT2D eigenvalue weighted by atomic mass is 16.5. The van der Waals surface area contributed by atoms with E-state index in [1.54, 1.807) is 7.11 Å². The topological polar surface area (TPSA) is 33.7 Å². The highest BCUT2D eigenvalue weighted by Gasteiger charge is 2.12.